The predicted molar refractivity (Wildman–Crippen MR) is 73.9 cm³/mol. The third-order valence-corrected chi connectivity index (χ3v) is 3.10. The van der Waals surface area contributed by atoms with Crippen LogP contribution in [0.1, 0.15) is 32.0 Å². The van der Waals surface area contributed by atoms with E-state index in [0.717, 1.165) is 5.56 Å². The molecule has 5 nitrogen and oxygen atoms in total. The summed E-state index contributed by atoms with van der Waals surface area (Å²) in [5, 5.41) is 0.586. The van der Waals surface area contributed by atoms with Gasteiger partial charge in [0.1, 0.15) is 0 Å². The van der Waals surface area contributed by atoms with Crippen molar-refractivity contribution in [3.8, 4) is 0 Å². The fourth-order valence-corrected chi connectivity index (χ4v) is 2.17. The Labute approximate surface area is 116 Å². The molecule has 0 spiro atoms. The van der Waals surface area contributed by atoms with Crippen molar-refractivity contribution in [1.29, 1.82) is 0 Å². The third kappa shape index (κ3) is 2.22. The molecule has 20 heavy (non-hydrogen) atoms. The number of aryl methyl sites for hydroxylation is 2. The Morgan fingerprint density at radius 2 is 1.60 bits per heavy atom. The van der Waals surface area contributed by atoms with Crippen LogP contribution in [0.4, 0.5) is 0 Å². The van der Waals surface area contributed by atoms with Gasteiger partial charge in [0.05, 0.1) is 36.6 Å². The van der Waals surface area contributed by atoms with Gasteiger partial charge in [0.2, 0.25) is 0 Å². The van der Waals surface area contributed by atoms with Crippen LogP contribution in [0.15, 0.2) is 18.2 Å². The number of nitrogens with zero attached hydrogens (tertiary/aromatic N) is 1. The SMILES string of the molecule is COC(=O)c1c(C)nc2ccc(C)cc2c1C(=O)OC. The summed E-state index contributed by atoms with van der Waals surface area (Å²) in [6.07, 6.45) is 0. The monoisotopic (exact) mass is 273 g/mol. The molecule has 0 unspecified atom stereocenters. The van der Waals surface area contributed by atoms with E-state index >= 15 is 0 Å². The number of pyridine rings is 1. The van der Waals surface area contributed by atoms with Crippen LogP contribution < -0.4 is 0 Å². The number of fused-ring (bicyclic) bond motifs is 1. The highest BCUT2D eigenvalue weighted by Gasteiger charge is 2.25. The van der Waals surface area contributed by atoms with Crippen molar-refractivity contribution in [3.63, 3.8) is 0 Å². The molecule has 0 saturated heterocycles. The Bertz CT molecular complexity index is 707. The highest BCUT2D eigenvalue weighted by atomic mass is 16.5. The van der Waals surface area contributed by atoms with Crippen molar-refractivity contribution >= 4 is 22.8 Å². The highest BCUT2D eigenvalue weighted by Crippen LogP contribution is 2.25. The maximum absolute atomic E-state index is 12.1. The molecule has 0 amide bonds. The van der Waals surface area contributed by atoms with E-state index in [0.29, 0.717) is 16.6 Å². The Morgan fingerprint density at radius 3 is 2.20 bits per heavy atom. The molecular formula is C15H15NO4. The molecule has 2 rings (SSSR count). The number of benzene rings is 1. The molecule has 0 N–H and O–H groups in total. The predicted octanol–water partition coefficient (Wildman–Crippen LogP) is 2.42. The van der Waals surface area contributed by atoms with Gasteiger partial charge in [-0.15, -0.1) is 0 Å². The van der Waals surface area contributed by atoms with Crippen molar-refractivity contribution in [2.45, 2.75) is 13.8 Å². The van der Waals surface area contributed by atoms with E-state index in [1.165, 1.54) is 14.2 Å². The second kappa shape index (κ2) is 5.28. The lowest BCUT2D eigenvalue weighted by atomic mass is 9.99. The number of hydrogen-bond donors (Lipinski definition) is 0. The van der Waals surface area contributed by atoms with Gasteiger partial charge in [0, 0.05) is 5.39 Å². The van der Waals surface area contributed by atoms with E-state index < -0.39 is 11.9 Å². The van der Waals surface area contributed by atoms with Crippen LogP contribution in [0.3, 0.4) is 0 Å². The highest BCUT2D eigenvalue weighted by molar-refractivity contribution is 6.12. The maximum atomic E-state index is 12.1. The van der Waals surface area contributed by atoms with Gasteiger partial charge in [-0.25, -0.2) is 9.59 Å². The quantitative estimate of drug-likeness (QED) is 0.786. The number of hydrogen-bond acceptors (Lipinski definition) is 5. The lowest BCUT2D eigenvalue weighted by Gasteiger charge is -2.12. The summed E-state index contributed by atoms with van der Waals surface area (Å²) >= 11 is 0. The number of methoxy groups -OCH3 is 2. The molecular weight excluding hydrogens is 258 g/mol. The second-order valence-electron chi connectivity index (χ2n) is 4.45. The molecule has 0 atom stereocenters. The van der Waals surface area contributed by atoms with Crippen LogP contribution in [0, 0.1) is 13.8 Å². The summed E-state index contributed by atoms with van der Waals surface area (Å²) < 4.78 is 9.54. The van der Waals surface area contributed by atoms with Gasteiger partial charge in [-0.2, -0.15) is 0 Å². The molecule has 0 radical (unpaired) electrons. The van der Waals surface area contributed by atoms with Crippen molar-refractivity contribution < 1.29 is 19.1 Å². The van der Waals surface area contributed by atoms with Crippen molar-refractivity contribution in [2.75, 3.05) is 14.2 Å². The van der Waals surface area contributed by atoms with E-state index in [1.807, 2.05) is 19.1 Å². The van der Waals surface area contributed by atoms with Crippen LogP contribution in [0.5, 0.6) is 0 Å². The summed E-state index contributed by atoms with van der Waals surface area (Å²) in [6, 6.07) is 5.51. The van der Waals surface area contributed by atoms with Gasteiger partial charge in [-0.3, -0.25) is 4.98 Å². The minimum Gasteiger partial charge on any atom is -0.465 e. The molecule has 0 aliphatic carbocycles. The van der Waals surface area contributed by atoms with Gasteiger partial charge in [-0.05, 0) is 26.0 Å². The average molecular weight is 273 g/mol. The van der Waals surface area contributed by atoms with Gasteiger partial charge >= 0.3 is 11.9 Å². The van der Waals surface area contributed by atoms with Gasteiger partial charge in [0.25, 0.3) is 0 Å². The molecule has 5 heteroatoms. The Hall–Kier alpha value is -2.43. The van der Waals surface area contributed by atoms with Crippen molar-refractivity contribution in [3.05, 3.63) is 40.6 Å². The largest absolute Gasteiger partial charge is 0.465 e. The van der Waals surface area contributed by atoms with E-state index in [9.17, 15) is 9.59 Å². The first-order valence-electron chi connectivity index (χ1n) is 6.07. The molecule has 0 bridgehead atoms. The fourth-order valence-electron chi connectivity index (χ4n) is 2.17. The van der Waals surface area contributed by atoms with Gasteiger partial charge in [-0.1, -0.05) is 11.6 Å². The molecule has 0 aliphatic heterocycles. The smallest absolute Gasteiger partial charge is 0.340 e. The van der Waals surface area contributed by atoms with Crippen LogP contribution in [0.2, 0.25) is 0 Å². The molecule has 0 fully saturated rings. The van der Waals surface area contributed by atoms with Gasteiger partial charge < -0.3 is 9.47 Å². The molecule has 104 valence electrons. The normalized spacial score (nSPS) is 10.4. The standard InChI is InChI=1S/C15H15NO4/c1-8-5-6-11-10(7-8)13(15(18)20-4)12(9(2)16-11)14(17)19-3/h5-7H,1-4H3. The molecule has 1 heterocycles. The summed E-state index contributed by atoms with van der Waals surface area (Å²) in [6.45, 7) is 3.57. The molecule has 0 aliphatic rings. The first kappa shape index (κ1) is 14.0. The zero-order chi connectivity index (χ0) is 14.9. The topological polar surface area (TPSA) is 65.5 Å². The first-order chi connectivity index (χ1) is 9.49. The summed E-state index contributed by atoms with van der Waals surface area (Å²) in [4.78, 5) is 28.4. The second-order valence-corrected chi connectivity index (χ2v) is 4.45. The Morgan fingerprint density at radius 1 is 1.00 bits per heavy atom. The third-order valence-electron chi connectivity index (χ3n) is 3.10. The maximum Gasteiger partial charge on any atom is 0.340 e. The van der Waals surface area contributed by atoms with Crippen LogP contribution >= 0.6 is 0 Å². The number of rotatable bonds is 2. The molecule has 0 saturated carbocycles. The average Bonchev–Trinajstić information content (AvgIpc) is 2.44. The number of carbonyl (C=O) groups is 2. The first-order valence-corrected chi connectivity index (χ1v) is 6.07. The lowest BCUT2D eigenvalue weighted by Crippen LogP contribution is -2.15. The molecule has 2 aromatic rings. The van der Waals surface area contributed by atoms with Crippen molar-refractivity contribution in [2.24, 2.45) is 0 Å². The Balaban J connectivity index is 2.93. The Kier molecular flexibility index (Phi) is 3.70. The van der Waals surface area contributed by atoms with E-state index in [4.69, 9.17) is 9.47 Å². The minimum absolute atomic E-state index is 0.150. The molecule has 1 aromatic heterocycles. The lowest BCUT2D eigenvalue weighted by molar-refractivity contribution is 0.0556. The fraction of sp³-hybridized carbons (Fsp3) is 0.267. The number of aromatic nitrogens is 1. The zero-order valence-electron chi connectivity index (χ0n) is 11.8. The van der Waals surface area contributed by atoms with Crippen LogP contribution in [-0.2, 0) is 9.47 Å². The minimum atomic E-state index is -0.598. The van der Waals surface area contributed by atoms with E-state index in [1.54, 1.807) is 13.0 Å². The van der Waals surface area contributed by atoms with E-state index in [2.05, 4.69) is 4.98 Å². The summed E-state index contributed by atoms with van der Waals surface area (Å²) in [7, 11) is 2.55. The van der Waals surface area contributed by atoms with Crippen LogP contribution in [-0.4, -0.2) is 31.1 Å². The number of carbonyl (C=O) groups excluding carboxylic acids is 2. The molecule has 1 aromatic carbocycles. The van der Waals surface area contributed by atoms with Crippen molar-refractivity contribution in [1.82, 2.24) is 4.98 Å². The number of ether oxygens (including phenoxy) is 2. The van der Waals surface area contributed by atoms with Gasteiger partial charge in [0.15, 0.2) is 0 Å². The zero-order valence-corrected chi connectivity index (χ0v) is 11.8. The van der Waals surface area contributed by atoms with E-state index in [-0.39, 0.29) is 11.1 Å². The summed E-state index contributed by atoms with van der Waals surface area (Å²) in [5.41, 5.74) is 2.39. The van der Waals surface area contributed by atoms with Crippen LogP contribution in [0.25, 0.3) is 10.9 Å². The number of esters is 2. The summed E-state index contributed by atoms with van der Waals surface area (Å²) in [5.74, 6) is -1.18.